The standard InChI is InChI=1S/C15H14F3NO2S/c1-2-22(20,21)12-6-3-10(4-7-12)13-9-11(15(16,17)18)5-8-14(13)19/h3-9H,2,19H2,1H3. The van der Waals surface area contributed by atoms with E-state index >= 15 is 0 Å². The number of rotatable bonds is 3. The van der Waals surface area contributed by atoms with Gasteiger partial charge in [0.15, 0.2) is 9.84 Å². The first-order valence-electron chi connectivity index (χ1n) is 6.45. The molecule has 2 aromatic carbocycles. The Morgan fingerprint density at radius 3 is 2.14 bits per heavy atom. The molecule has 0 aliphatic carbocycles. The maximum Gasteiger partial charge on any atom is 0.416 e. The number of sulfone groups is 1. The van der Waals surface area contributed by atoms with Crippen molar-refractivity contribution in [2.45, 2.75) is 18.0 Å². The van der Waals surface area contributed by atoms with Crippen molar-refractivity contribution in [2.24, 2.45) is 0 Å². The minimum absolute atomic E-state index is 0.0436. The van der Waals surface area contributed by atoms with Crippen LogP contribution in [0.25, 0.3) is 11.1 Å². The number of hydrogen-bond donors (Lipinski definition) is 1. The van der Waals surface area contributed by atoms with Gasteiger partial charge in [-0.25, -0.2) is 8.42 Å². The van der Waals surface area contributed by atoms with Crippen LogP contribution in [0.4, 0.5) is 18.9 Å². The zero-order chi connectivity index (χ0) is 16.5. The first kappa shape index (κ1) is 16.4. The van der Waals surface area contributed by atoms with Gasteiger partial charge in [-0.1, -0.05) is 19.1 Å². The van der Waals surface area contributed by atoms with Crippen LogP contribution < -0.4 is 5.73 Å². The maximum atomic E-state index is 12.8. The molecule has 0 fully saturated rings. The van der Waals surface area contributed by atoms with E-state index < -0.39 is 21.6 Å². The summed E-state index contributed by atoms with van der Waals surface area (Å²) in [6.07, 6.45) is -4.46. The van der Waals surface area contributed by atoms with Crippen molar-refractivity contribution in [3.05, 3.63) is 48.0 Å². The lowest BCUT2D eigenvalue weighted by Gasteiger charge is -2.12. The van der Waals surface area contributed by atoms with Gasteiger partial charge < -0.3 is 5.73 Å². The van der Waals surface area contributed by atoms with Crippen LogP contribution in [0.2, 0.25) is 0 Å². The van der Waals surface area contributed by atoms with Gasteiger partial charge in [0.2, 0.25) is 0 Å². The topological polar surface area (TPSA) is 60.2 Å². The quantitative estimate of drug-likeness (QED) is 0.873. The Morgan fingerprint density at radius 1 is 1.05 bits per heavy atom. The van der Waals surface area contributed by atoms with Crippen molar-refractivity contribution < 1.29 is 21.6 Å². The fourth-order valence-corrected chi connectivity index (χ4v) is 2.88. The van der Waals surface area contributed by atoms with E-state index in [1.54, 1.807) is 0 Å². The molecule has 0 saturated heterocycles. The van der Waals surface area contributed by atoms with Gasteiger partial charge >= 0.3 is 6.18 Å². The second kappa shape index (κ2) is 5.64. The summed E-state index contributed by atoms with van der Waals surface area (Å²) in [5.41, 5.74) is 5.77. The van der Waals surface area contributed by atoms with Crippen LogP contribution in [0, 0.1) is 0 Å². The average molecular weight is 329 g/mol. The molecule has 2 N–H and O–H groups in total. The molecule has 0 aromatic heterocycles. The summed E-state index contributed by atoms with van der Waals surface area (Å²) in [5.74, 6) is -0.0436. The van der Waals surface area contributed by atoms with E-state index in [0.717, 1.165) is 12.1 Å². The molecule has 0 radical (unpaired) electrons. The van der Waals surface area contributed by atoms with Crippen molar-refractivity contribution in [1.29, 1.82) is 0 Å². The highest BCUT2D eigenvalue weighted by atomic mass is 32.2. The second-order valence-corrected chi connectivity index (χ2v) is 7.01. The van der Waals surface area contributed by atoms with E-state index in [4.69, 9.17) is 5.73 Å². The largest absolute Gasteiger partial charge is 0.416 e. The van der Waals surface area contributed by atoms with E-state index in [9.17, 15) is 21.6 Å². The number of hydrogen-bond acceptors (Lipinski definition) is 3. The van der Waals surface area contributed by atoms with E-state index in [0.29, 0.717) is 5.56 Å². The van der Waals surface area contributed by atoms with Crippen molar-refractivity contribution in [3.8, 4) is 11.1 Å². The monoisotopic (exact) mass is 329 g/mol. The maximum absolute atomic E-state index is 12.8. The van der Waals surface area contributed by atoms with Gasteiger partial charge in [-0.15, -0.1) is 0 Å². The van der Waals surface area contributed by atoms with Gasteiger partial charge in [0.1, 0.15) is 0 Å². The number of halogens is 3. The van der Waals surface area contributed by atoms with Crippen LogP contribution in [0.15, 0.2) is 47.4 Å². The summed E-state index contributed by atoms with van der Waals surface area (Å²) in [6.45, 7) is 1.52. The molecule has 0 heterocycles. The van der Waals surface area contributed by atoms with Crippen LogP contribution in [0.5, 0.6) is 0 Å². The lowest BCUT2D eigenvalue weighted by Crippen LogP contribution is -2.06. The van der Waals surface area contributed by atoms with E-state index in [1.165, 1.54) is 37.3 Å². The van der Waals surface area contributed by atoms with Gasteiger partial charge in [-0.3, -0.25) is 0 Å². The lowest BCUT2D eigenvalue weighted by atomic mass is 10.0. The van der Waals surface area contributed by atoms with Gasteiger partial charge in [-0.05, 0) is 35.9 Å². The minimum Gasteiger partial charge on any atom is -0.398 e. The minimum atomic E-state index is -4.46. The summed E-state index contributed by atoms with van der Waals surface area (Å²) in [6, 6.07) is 8.70. The molecule has 0 atom stereocenters. The Kier molecular flexibility index (Phi) is 4.19. The first-order chi connectivity index (χ1) is 10.1. The van der Waals surface area contributed by atoms with Crippen molar-refractivity contribution >= 4 is 15.5 Å². The van der Waals surface area contributed by atoms with Crippen molar-refractivity contribution in [3.63, 3.8) is 0 Å². The molecule has 0 aliphatic heterocycles. The number of alkyl halides is 3. The van der Waals surface area contributed by atoms with E-state index in [-0.39, 0.29) is 21.9 Å². The number of nitrogen functional groups attached to an aromatic ring is 1. The summed E-state index contributed by atoms with van der Waals surface area (Å²) in [5, 5.41) is 0. The molecule has 2 aromatic rings. The lowest BCUT2D eigenvalue weighted by molar-refractivity contribution is -0.137. The Bertz CT molecular complexity index is 781. The molecule has 7 heteroatoms. The fraction of sp³-hybridized carbons (Fsp3) is 0.200. The highest BCUT2D eigenvalue weighted by Gasteiger charge is 2.31. The number of nitrogens with two attached hydrogens (primary N) is 1. The molecule has 118 valence electrons. The number of anilines is 1. The predicted molar refractivity (Wildman–Crippen MR) is 79.0 cm³/mol. The van der Waals surface area contributed by atoms with Crippen LogP contribution in [0.3, 0.4) is 0 Å². The summed E-state index contributed by atoms with van der Waals surface area (Å²) < 4.78 is 61.7. The molecule has 3 nitrogen and oxygen atoms in total. The third-order valence-corrected chi connectivity index (χ3v) is 5.04. The molecule has 0 aliphatic rings. The van der Waals surface area contributed by atoms with Crippen LogP contribution >= 0.6 is 0 Å². The molecule has 0 saturated carbocycles. The first-order valence-corrected chi connectivity index (χ1v) is 8.10. The second-order valence-electron chi connectivity index (χ2n) is 4.73. The average Bonchev–Trinajstić information content (AvgIpc) is 2.46. The van der Waals surface area contributed by atoms with E-state index in [1.807, 2.05) is 0 Å². The van der Waals surface area contributed by atoms with Gasteiger partial charge in [0, 0.05) is 11.3 Å². The zero-order valence-electron chi connectivity index (χ0n) is 11.7. The van der Waals surface area contributed by atoms with Gasteiger partial charge in [0.25, 0.3) is 0 Å². The molecular weight excluding hydrogens is 315 g/mol. The highest BCUT2D eigenvalue weighted by Crippen LogP contribution is 2.35. The SMILES string of the molecule is CCS(=O)(=O)c1ccc(-c2cc(C(F)(F)F)ccc2N)cc1. The molecule has 0 unspecified atom stereocenters. The molecule has 0 spiro atoms. The third-order valence-electron chi connectivity index (χ3n) is 3.29. The summed E-state index contributed by atoms with van der Waals surface area (Å²) >= 11 is 0. The normalized spacial score (nSPS) is 12.4. The number of benzene rings is 2. The van der Waals surface area contributed by atoms with E-state index in [2.05, 4.69) is 0 Å². The molecule has 0 bridgehead atoms. The van der Waals surface area contributed by atoms with Crippen molar-refractivity contribution in [1.82, 2.24) is 0 Å². The van der Waals surface area contributed by atoms with Crippen molar-refractivity contribution in [2.75, 3.05) is 11.5 Å². The molecule has 0 amide bonds. The van der Waals surface area contributed by atoms with Crippen LogP contribution in [-0.2, 0) is 16.0 Å². The Morgan fingerprint density at radius 2 is 1.64 bits per heavy atom. The molecule has 22 heavy (non-hydrogen) atoms. The fourth-order valence-electron chi connectivity index (χ4n) is 1.99. The predicted octanol–water partition coefficient (Wildman–Crippen LogP) is 3.75. The van der Waals surface area contributed by atoms with Gasteiger partial charge in [-0.2, -0.15) is 13.2 Å². The van der Waals surface area contributed by atoms with Crippen LogP contribution in [0.1, 0.15) is 12.5 Å². The van der Waals surface area contributed by atoms with Gasteiger partial charge in [0.05, 0.1) is 16.2 Å². The Labute approximate surface area is 126 Å². The third kappa shape index (κ3) is 3.24. The zero-order valence-corrected chi connectivity index (χ0v) is 12.5. The Balaban J connectivity index is 2.49. The molecule has 2 rings (SSSR count). The smallest absolute Gasteiger partial charge is 0.398 e. The molecular formula is C15H14F3NO2S. The van der Waals surface area contributed by atoms with Crippen LogP contribution in [-0.4, -0.2) is 14.2 Å². The highest BCUT2D eigenvalue weighted by molar-refractivity contribution is 7.91. The Hall–Kier alpha value is -2.02. The summed E-state index contributed by atoms with van der Waals surface area (Å²) in [4.78, 5) is 0.129. The summed E-state index contributed by atoms with van der Waals surface area (Å²) in [7, 11) is -3.35.